The van der Waals surface area contributed by atoms with E-state index < -0.39 is 0 Å². The Balaban J connectivity index is 2.13. The molecule has 0 saturated heterocycles. The van der Waals surface area contributed by atoms with Crippen molar-refractivity contribution in [3.63, 3.8) is 0 Å². The van der Waals surface area contributed by atoms with E-state index in [1.807, 2.05) is 42.5 Å². The SMILES string of the molecule is NCc1cccc(NC(=O)c2ccccc2)c1. The third-order valence-corrected chi connectivity index (χ3v) is 2.46. The predicted octanol–water partition coefficient (Wildman–Crippen LogP) is 2.40. The van der Waals surface area contributed by atoms with Crippen molar-refractivity contribution in [3.8, 4) is 0 Å². The van der Waals surface area contributed by atoms with Gasteiger partial charge >= 0.3 is 0 Å². The van der Waals surface area contributed by atoms with Crippen LogP contribution in [0.4, 0.5) is 5.69 Å². The van der Waals surface area contributed by atoms with Gasteiger partial charge in [-0.2, -0.15) is 0 Å². The molecule has 0 aromatic heterocycles. The molecule has 2 aromatic carbocycles. The number of nitrogens with one attached hydrogen (secondary N) is 1. The second-order valence-electron chi connectivity index (χ2n) is 3.72. The summed E-state index contributed by atoms with van der Waals surface area (Å²) < 4.78 is 0. The summed E-state index contributed by atoms with van der Waals surface area (Å²) in [5.41, 5.74) is 7.95. The Hall–Kier alpha value is -2.13. The van der Waals surface area contributed by atoms with Crippen LogP contribution in [-0.4, -0.2) is 5.91 Å². The van der Waals surface area contributed by atoms with Crippen molar-refractivity contribution in [1.82, 2.24) is 0 Å². The van der Waals surface area contributed by atoms with Crippen molar-refractivity contribution in [2.45, 2.75) is 6.54 Å². The number of hydrogen-bond donors (Lipinski definition) is 2. The number of anilines is 1. The van der Waals surface area contributed by atoms with Crippen molar-refractivity contribution in [2.75, 3.05) is 5.32 Å². The normalized spacial score (nSPS) is 9.94. The monoisotopic (exact) mass is 226 g/mol. The lowest BCUT2D eigenvalue weighted by Gasteiger charge is -2.06. The van der Waals surface area contributed by atoms with Crippen molar-refractivity contribution < 1.29 is 4.79 Å². The van der Waals surface area contributed by atoms with Gasteiger partial charge in [0.2, 0.25) is 0 Å². The van der Waals surface area contributed by atoms with Crippen LogP contribution < -0.4 is 11.1 Å². The first-order valence-electron chi connectivity index (χ1n) is 5.45. The number of hydrogen-bond acceptors (Lipinski definition) is 2. The molecule has 0 aliphatic carbocycles. The van der Waals surface area contributed by atoms with Crippen LogP contribution in [-0.2, 0) is 6.54 Å². The molecule has 3 heteroatoms. The highest BCUT2D eigenvalue weighted by Crippen LogP contribution is 2.11. The number of amides is 1. The highest BCUT2D eigenvalue weighted by Gasteiger charge is 2.04. The number of carbonyl (C=O) groups excluding carboxylic acids is 1. The summed E-state index contributed by atoms with van der Waals surface area (Å²) in [6, 6.07) is 16.6. The lowest BCUT2D eigenvalue weighted by Crippen LogP contribution is -2.11. The van der Waals surface area contributed by atoms with Gasteiger partial charge in [-0.15, -0.1) is 0 Å². The van der Waals surface area contributed by atoms with Gasteiger partial charge in [-0.3, -0.25) is 4.79 Å². The van der Waals surface area contributed by atoms with Gasteiger partial charge < -0.3 is 11.1 Å². The van der Waals surface area contributed by atoms with E-state index in [1.54, 1.807) is 12.1 Å². The number of benzene rings is 2. The zero-order valence-electron chi connectivity index (χ0n) is 9.39. The molecule has 0 atom stereocenters. The molecular formula is C14H14N2O. The standard InChI is InChI=1S/C14H14N2O/c15-10-11-5-4-8-13(9-11)16-14(17)12-6-2-1-3-7-12/h1-9H,10,15H2,(H,16,17). The van der Waals surface area contributed by atoms with Gasteiger partial charge in [-0.1, -0.05) is 30.3 Å². The summed E-state index contributed by atoms with van der Waals surface area (Å²) in [6.45, 7) is 0.467. The Labute approximate surface area is 100 Å². The molecular weight excluding hydrogens is 212 g/mol. The fourth-order valence-electron chi connectivity index (χ4n) is 1.57. The third-order valence-electron chi connectivity index (χ3n) is 2.46. The Morgan fingerprint density at radius 3 is 2.53 bits per heavy atom. The maximum absolute atomic E-state index is 11.9. The molecule has 2 aromatic rings. The van der Waals surface area contributed by atoms with E-state index in [0.717, 1.165) is 11.3 Å². The minimum atomic E-state index is -0.111. The van der Waals surface area contributed by atoms with Gasteiger partial charge in [0.05, 0.1) is 0 Å². The van der Waals surface area contributed by atoms with Gasteiger partial charge in [0.25, 0.3) is 5.91 Å². The lowest BCUT2D eigenvalue weighted by molar-refractivity contribution is 0.102. The molecule has 86 valence electrons. The quantitative estimate of drug-likeness (QED) is 0.844. The van der Waals surface area contributed by atoms with Crippen LogP contribution in [0.2, 0.25) is 0 Å². The van der Waals surface area contributed by atoms with Gasteiger partial charge in [-0.25, -0.2) is 0 Å². The summed E-state index contributed by atoms with van der Waals surface area (Å²) in [7, 11) is 0. The zero-order valence-corrected chi connectivity index (χ0v) is 9.39. The number of carbonyl (C=O) groups is 1. The van der Waals surface area contributed by atoms with Gasteiger partial charge in [0.15, 0.2) is 0 Å². The molecule has 2 rings (SSSR count). The molecule has 0 fully saturated rings. The van der Waals surface area contributed by atoms with E-state index in [4.69, 9.17) is 5.73 Å². The molecule has 0 aliphatic heterocycles. The highest BCUT2D eigenvalue weighted by molar-refractivity contribution is 6.04. The Bertz CT molecular complexity index is 509. The second kappa shape index (κ2) is 5.27. The molecule has 1 amide bonds. The molecule has 0 unspecified atom stereocenters. The van der Waals surface area contributed by atoms with Crippen LogP contribution in [0, 0.1) is 0 Å². The maximum Gasteiger partial charge on any atom is 0.255 e. The molecule has 3 nitrogen and oxygen atoms in total. The van der Waals surface area contributed by atoms with Gasteiger partial charge in [-0.05, 0) is 29.8 Å². The average Bonchev–Trinajstić information content (AvgIpc) is 2.40. The largest absolute Gasteiger partial charge is 0.326 e. The number of rotatable bonds is 3. The topological polar surface area (TPSA) is 55.1 Å². The summed E-state index contributed by atoms with van der Waals surface area (Å²) in [5.74, 6) is -0.111. The summed E-state index contributed by atoms with van der Waals surface area (Å²) >= 11 is 0. The predicted molar refractivity (Wildman–Crippen MR) is 68.7 cm³/mol. The summed E-state index contributed by atoms with van der Waals surface area (Å²) in [6.07, 6.45) is 0. The molecule has 0 spiro atoms. The van der Waals surface area contributed by atoms with Crippen LogP contribution >= 0.6 is 0 Å². The molecule has 0 saturated carbocycles. The highest BCUT2D eigenvalue weighted by atomic mass is 16.1. The molecule has 0 aliphatic rings. The Morgan fingerprint density at radius 1 is 1.06 bits per heavy atom. The van der Waals surface area contributed by atoms with E-state index in [-0.39, 0.29) is 5.91 Å². The van der Waals surface area contributed by atoms with E-state index in [2.05, 4.69) is 5.32 Å². The Morgan fingerprint density at radius 2 is 1.82 bits per heavy atom. The first-order chi connectivity index (χ1) is 8.29. The van der Waals surface area contributed by atoms with Crippen LogP contribution in [0.3, 0.4) is 0 Å². The minimum Gasteiger partial charge on any atom is -0.326 e. The average molecular weight is 226 g/mol. The van der Waals surface area contributed by atoms with Crippen molar-refractivity contribution in [2.24, 2.45) is 5.73 Å². The molecule has 3 N–H and O–H groups in total. The fraction of sp³-hybridized carbons (Fsp3) is 0.0714. The Kier molecular flexibility index (Phi) is 3.52. The second-order valence-corrected chi connectivity index (χ2v) is 3.72. The van der Waals surface area contributed by atoms with Gasteiger partial charge in [0, 0.05) is 17.8 Å². The minimum absolute atomic E-state index is 0.111. The van der Waals surface area contributed by atoms with Crippen molar-refractivity contribution in [1.29, 1.82) is 0 Å². The van der Waals surface area contributed by atoms with Crippen LogP contribution in [0.15, 0.2) is 54.6 Å². The number of nitrogens with two attached hydrogens (primary N) is 1. The van der Waals surface area contributed by atoms with E-state index >= 15 is 0 Å². The fourth-order valence-corrected chi connectivity index (χ4v) is 1.57. The molecule has 0 heterocycles. The van der Waals surface area contributed by atoms with Crippen molar-refractivity contribution >= 4 is 11.6 Å². The van der Waals surface area contributed by atoms with Crippen molar-refractivity contribution in [3.05, 3.63) is 65.7 Å². The molecule has 0 bridgehead atoms. The first kappa shape index (κ1) is 11.4. The van der Waals surface area contributed by atoms with Crippen LogP contribution in [0.1, 0.15) is 15.9 Å². The van der Waals surface area contributed by atoms with E-state index in [9.17, 15) is 4.79 Å². The maximum atomic E-state index is 11.9. The lowest BCUT2D eigenvalue weighted by atomic mass is 10.2. The summed E-state index contributed by atoms with van der Waals surface area (Å²) in [5, 5.41) is 2.84. The third kappa shape index (κ3) is 2.92. The molecule has 17 heavy (non-hydrogen) atoms. The summed E-state index contributed by atoms with van der Waals surface area (Å²) in [4.78, 5) is 11.9. The smallest absolute Gasteiger partial charge is 0.255 e. The van der Waals surface area contributed by atoms with Crippen LogP contribution in [0.5, 0.6) is 0 Å². The van der Waals surface area contributed by atoms with Crippen LogP contribution in [0.25, 0.3) is 0 Å². The van der Waals surface area contributed by atoms with Gasteiger partial charge in [0.1, 0.15) is 0 Å². The zero-order chi connectivity index (χ0) is 12.1. The first-order valence-corrected chi connectivity index (χ1v) is 5.45. The van der Waals surface area contributed by atoms with E-state index in [1.165, 1.54) is 0 Å². The molecule has 0 radical (unpaired) electrons. The van der Waals surface area contributed by atoms with E-state index in [0.29, 0.717) is 12.1 Å².